The number of carbonyl (C=O) groups excluding carboxylic acids is 1. The van der Waals surface area contributed by atoms with E-state index < -0.39 is 4.92 Å². The molecule has 1 fully saturated rings. The summed E-state index contributed by atoms with van der Waals surface area (Å²) in [6, 6.07) is 9.81. The van der Waals surface area contributed by atoms with Crippen molar-refractivity contribution in [1.82, 2.24) is 14.8 Å². The maximum Gasteiger partial charge on any atom is 0.282 e. The largest absolute Gasteiger partial charge is 0.463 e. The fourth-order valence-corrected chi connectivity index (χ4v) is 4.03. The minimum absolute atomic E-state index is 0.143. The van der Waals surface area contributed by atoms with Crippen LogP contribution in [0.2, 0.25) is 0 Å². The third-order valence-corrected chi connectivity index (χ3v) is 5.51. The molecule has 0 aliphatic carbocycles. The summed E-state index contributed by atoms with van der Waals surface area (Å²) >= 11 is 1.58. The topological polar surface area (TPSA) is 92.7 Å². The molecule has 0 atom stereocenters. The molecule has 8 nitrogen and oxygen atoms in total. The summed E-state index contributed by atoms with van der Waals surface area (Å²) in [5.41, 5.74) is 0.822. The monoisotopic (exact) mass is 398 g/mol. The Hall–Kier alpha value is -3.04. The molecule has 0 spiro atoms. The van der Waals surface area contributed by atoms with E-state index in [-0.39, 0.29) is 17.2 Å². The van der Waals surface area contributed by atoms with Crippen molar-refractivity contribution in [3.63, 3.8) is 0 Å². The average Bonchev–Trinajstić information content (AvgIpc) is 3.40. The standard InChI is InChI=1S/C19H18N4O4S/c24-19(14-4-1-2-5-16(14)23(25)26)22-9-7-21(8-10-22)12-18-20-15(13-28-18)17-6-3-11-27-17/h1-6,11,13H,7-10,12H2. The van der Waals surface area contributed by atoms with Gasteiger partial charge in [0.15, 0.2) is 5.76 Å². The van der Waals surface area contributed by atoms with E-state index in [2.05, 4.69) is 9.88 Å². The number of aromatic nitrogens is 1. The SMILES string of the molecule is O=C(c1ccccc1[N+](=O)[O-])N1CCN(Cc2nc(-c3ccco3)cs2)CC1. The molecule has 2 aromatic heterocycles. The fourth-order valence-electron chi connectivity index (χ4n) is 3.21. The molecule has 0 saturated carbocycles. The van der Waals surface area contributed by atoms with E-state index in [0.29, 0.717) is 32.7 Å². The van der Waals surface area contributed by atoms with Crippen molar-refractivity contribution in [1.29, 1.82) is 0 Å². The lowest BCUT2D eigenvalue weighted by molar-refractivity contribution is -0.385. The maximum atomic E-state index is 12.7. The van der Waals surface area contributed by atoms with Crippen LogP contribution in [0.15, 0.2) is 52.5 Å². The van der Waals surface area contributed by atoms with Crippen molar-refractivity contribution in [2.75, 3.05) is 26.2 Å². The Morgan fingerprint density at radius 2 is 1.96 bits per heavy atom. The van der Waals surface area contributed by atoms with E-state index in [1.807, 2.05) is 17.5 Å². The Kier molecular flexibility index (Phi) is 5.18. The molecule has 9 heteroatoms. The quantitative estimate of drug-likeness (QED) is 0.484. The van der Waals surface area contributed by atoms with Crippen molar-refractivity contribution in [3.05, 3.63) is 68.7 Å². The van der Waals surface area contributed by atoms with Crippen LogP contribution >= 0.6 is 11.3 Å². The molecule has 0 radical (unpaired) electrons. The van der Waals surface area contributed by atoms with Crippen molar-refractivity contribution >= 4 is 22.9 Å². The van der Waals surface area contributed by atoms with E-state index in [9.17, 15) is 14.9 Å². The number of benzene rings is 1. The molecule has 1 aliphatic rings. The van der Waals surface area contributed by atoms with E-state index in [4.69, 9.17) is 4.42 Å². The Morgan fingerprint density at radius 3 is 2.68 bits per heavy atom. The lowest BCUT2D eigenvalue weighted by Gasteiger charge is -2.34. The highest BCUT2D eigenvalue weighted by Crippen LogP contribution is 2.24. The molecular formula is C19H18N4O4S. The smallest absolute Gasteiger partial charge is 0.282 e. The van der Waals surface area contributed by atoms with Gasteiger partial charge in [-0.05, 0) is 18.2 Å². The predicted molar refractivity (Wildman–Crippen MR) is 104 cm³/mol. The number of nitro groups is 1. The van der Waals surface area contributed by atoms with Gasteiger partial charge in [-0.1, -0.05) is 12.1 Å². The highest BCUT2D eigenvalue weighted by molar-refractivity contribution is 7.09. The van der Waals surface area contributed by atoms with Gasteiger partial charge >= 0.3 is 0 Å². The lowest BCUT2D eigenvalue weighted by atomic mass is 10.1. The van der Waals surface area contributed by atoms with Crippen LogP contribution in [-0.2, 0) is 6.54 Å². The van der Waals surface area contributed by atoms with Gasteiger partial charge in [0.05, 0.1) is 17.7 Å². The molecular weight excluding hydrogens is 380 g/mol. The molecule has 3 heterocycles. The van der Waals surface area contributed by atoms with Crippen LogP contribution in [0.4, 0.5) is 5.69 Å². The number of nitro benzene ring substituents is 1. The second kappa shape index (κ2) is 7.91. The maximum absolute atomic E-state index is 12.7. The van der Waals surface area contributed by atoms with Crippen LogP contribution < -0.4 is 0 Å². The van der Waals surface area contributed by atoms with E-state index in [0.717, 1.165) is 16.5 Å². The number of thiazole rings is 1. The van der Waals surface area contributed by atoms with Crippen LogP contribution in [0, 0.1) is 10.1 Å². The molecule has 0 unspecified atom stereocenters. The van der Waals surface area contributed by atoms with Crippen molar-refractivity contribution < 1.29 is 14.1 Å². The average molecular weight is 398 g/mol. The number of amides is 1. The Labute approximate surface area is 165 Å². The number of rotatable bonds is 5. The number of furan rings is 1. The zero-order valence-corrected chi connectivity index (χ0v) is 15.8. The summed E-state index contributed by atoms with van der Waals surface area (Å²) in [5, 5.41) is 14.1. The minimum Gasteiger partial charge on any atom is -0.463 e. The van der Waals surface area contributed by atoms with Crippen LogP contribution in [0.3, 0.4) is 0 Å². The van der Waals surface area contributed by atoms with Crippen molar-refractivity contribution in [2.24, 2.45) is 0 Å². The summed E-state index contributed by atoms with van der Waals surface area (Å²) in [7, 11) is 0. The summed E-state index contributed by atoms with van der Waals surface area (Å²) in [5.74, 6) is 0.462. The molecule has 4 rings (SSSR count). The lowest BCUT2D eigenvalue weighted by Crippen LogP contribution is -2.48. The molecule has 0 N–H and O–H groups in total. The fraction of sp³-hybridized carbons (Fsp3) is 0.263. The highest BCUT2D eigenvalue weighted by atomic mass is 32.1. The zero-order valence-electron chi connectivity index (χ0n) is 15.0. The summed E-state index contributed by atoms with van der Waals surface area (Å²) in [6.07, 6.45) is 1.63. The Bertz CT molecular complexity index is 978. The van der Waals surface area contributed by atoms with Crippen LogP contribution in [0.5, 0.6) is 0 Å². The van der Waals surface area contributed by atoms with Gasteiger partial charge in [-0.2, -0.15) is 0 Å². The first-order valence-corrected chi connectivity index (χ1v) is 9.73. The van der Waals surface area contributed by atoms with Gasteiger partial charge < -0.3 is 9.32 Å². The summed E-state index contributed by atoms with van der Waals surface area (Å²) < 4.78 is 5.37. The highest BCUT2D eigenvalue weighted by Gasteiger charge is 2.27. The van der Waals surface area contributed by atoms with Crippen LogP contribution in [0.25, 0.3) is 11.5 Å². The number of nitrogens with zero attached hydrogens (tertiary/aromatic N) is 4. The predicted octanol–water partition coefficient (Wildman–Crippen LogP) is 3.27. The van der Waals surface area contributed by atoms with Crippen molar-refractivity contribution in [3.8, 4) is 11.5 Å². The first-order chi connectivity index (χ1) is 13.6. The summed E-state index contributed by atoms with van der Waals surface area (Å²) in [4.78, 5) is 31.9. The molecule has 28 heavy (non-hydrogen) atoms. The normalized spacial score (nSPS) is 14.9. The number of hydrogen-bond donors (Lipinski definition) is 0. The Balaban J connectivity index is 1.36. The third-order valence-electron chi connectivity index (χ3n) is 4.67. The molecule has 1 aromatic carbocycles. The van der Waals surface area contributed by atoms with E-state index >= 15 is 0 Å². The molecule has 0 bridgehead atoms. The Morgan fingerprint density at radius 1 is 1.18 bits per heavy atom. The van der Waals surface area contributed by atoms with E-state index in [1.165, 1.54) is 12.1 Å². The summed E-state index contributed by atoms with van der Waals surface area (Å²) in [6.45, 7) is 3.16. The zero-order chi connectivity index (χ0) is 19.5. The van der Waals surface area contributed by atoms with Crippen LogP contribution in [0.1, 0.15) is 15.4 Å². The number of para-hydroxylation sites is 1. The molecule has 3 aromatic rings. The van der Waals surface area contributed by atoms with Gasteiger partial charge in [-0.15, -0.1) is 11.3 Å². The third kappa shape index (κ3) is 3.80. The molecule has 1 aliphatic heterocycles. The van der Waals surface area contributed by atoms with Gasteiger partial charge in [-0.3, -0.25) is 19.8 Å². The second-order valence-electron chi connectivity index (χ2n) is 6.45. The number of hydrogen-bond acceptors (Lipinski definition) is 7. The van der Waals surface area contributed by atoms with Crippen molar-refractivity contribution in [2.45, 2.75) is 6.54 Å². The van der Waals surface area contributed by atoms with E-state index in [1.54, 1.807) is 34.6 Å². The van der Waals surface area contributed by atoms with Gasteiger partial charge in [0, 0.05) is 37.6 Å². The molecule has 144 valence electrons. The van der Waals surface area contributed by atoms with Gasteiger partial charge in [0.2, 0.25) is 0 Å². The van der Waals surface area contributed by atoms with Gasteiger partial charge in [0.1, 0.15) is 16.3 Å². The number of carbonyl (C=O) groups is 1. The first-order valence-electron chi connectivity index (χ1n) is 8.85. The second-order valence-corrected chi connectivity index (χ2v) is 7.39. The van der Waals surface area contributed by atoms with Crippen LogP contribution in [-0.4, -0.2) is 51.8 Å². The van der Waals surface area contributed by atoms with Gasteiger partial charge in [-0.25, -0.2) is 4.98 Å². The van der Waals surface area contributed by atoms with Gasteiger partial charge in [0.25, 0.3) is 11.6 Å². The minimum atomic E-state index is -0.511. The molecule has 1 saturated heterocycles. The first kappa shape index (κ1) is 18.3. The molecule has 1 amide bonds. The number of piperazine rings is 1.